The zero-order chi connectivity index (χ0) is 13.3. The van der Waals surface area contributed by atoms with E-state index in [1.165, 1.54) is 6.07 Å². The number of hydrogen-bond donors (Lipinski definition) is 2. The van der Waals surface area contributed by atoms with Crippen LogP contribution >= 0.6 is 15.9 Å². The number of rotatable bonds is 3. The van der Waals surface area contributed by atoms with Gasteiger partial charge in [-0.1, -0.05) is 12.8 Å². The molecule has 1 aliphatic carbocycles. The summed E-state index contributed by atoms with van der Waals surface area (Å²) in [5, 5.41) is 0. The van der Waals surface area contributed by atoms with E-state index in [9.17, 15) is 12.8 Å². The Balaban J connectivity index is 2.34. The van der Waals surface area contributed by atoms with Crippen LogP contribution in [0.15, 0.2) is 21.5 Å². The number of halogens is 2. The van der Waals surface area contributed by atoms with Gasteiger partial charge in [0.15, 0.2) is 5.82 Å². The monoisotopic (exact) mass is 336 g/mol. The first kappa shape index (κ1) is 13.8. The summed E-state index contributed by atoms with van der Waals surface area (Å²) in [6, 6.07) is 2.37. The zero-order valence-electron chi connectivity index (χ0n) is 9.62. The van der Waals surface area contributed by atoms with Crippen LogP contribution in [0.4, 0.5) is 10.1 Å². The molecule has 3 N–H and O–H groups in total. The van der Waals surface area contributed by atoms with Gasteiger partial charge in [0.05, 0.1) is 4.47 Å². The molecule has 0 aromatic heterocycles. The molecule has 0 radical (unpaired) electrons. The molecule has 100 valence electrons. The van der Waals surface area contributed by atoms with E-state index >= 15 is 0 Å². The molecule has 0 aliphatic heterocycles. The quantitative estimate of drug-likeness (QED) is 0.832. The van der Waals surface area contributed by atoms with Gasteiger partial charge in [0.25, 0.3) is 0 Å². The molecule has 4 nitrogen and oxygen atoms in total. The van der Waals surface area contributed by atoms with E-state index in [1.807, 2.05) is 0 Å². The van der Waals surface area contributed by atoms with Gasteiger partial charge in [0, 0.05) is 11.7 Å². The summed E-state index contributed by atoms with van der Waals surface area (Å²) in [4.78, 5) is -0.402. The molecule has 1 fully saturated rings. The van der Waals surface area contributed by atoms with Crippen LogP contribution in [0.2, 0.25) is 0 Å². The topological polar surface area (TPSA) is 72.2 Å². The van der Waals surface area contributed by atoms with Crippen molar-refractivity contribution >= 4 is 31.6 Å². The third kappa shape index (κ3) is 2.84. The van der Waals surface area contributed by atoms with Crippen molar-refractivity contribution in [1.82, 2.24) is 4.72 Å². The third-order valence-electron chi connectivity index (χ3n) is 2.98. The summed E-state index contributed by atoms with van der Waals surface area (Å²) >= 11 is 2.95. The Kier molecular flexibility index (Phi) is 3.93. The normalized spacial score (nSPS) is 17.2. The number of nitrogen functional groups attached to an aromatic ring is 1. The minimum absolute atomic E-state index is 0.0503. The maximum atomic E-state index is 13.8. The predicted octanol–water partition coefficient (Wildman–Crippen LogP) is 2.39. The molecular formula is C11H14BrFN2O2S. The van der Waals surface area contributed by atoms with Crippen LogP contribution in [0.5, 0.6) is 0 Å². The van der Waals surface area contributed by atoms with Crippen molar-refractivity contribution in [3.63, 3.8) is 0 Å². The first-order valence-corrected chi connectivity index (χ1v) is 7.94. The minimum Gasteiger partial charge on any atom is -0.399 e. The molecule has 0 saturated heterocycles. The van der Waals surface area contributed by atoms with Crippen LogP contribution in [-0.4, -0.2) is 14.5 Å². The Bertz CT molecular complexity index is 556. The second kappa shape index (κ2) is 5.14. The summed E-state index contributed by atoms with van der Waals surface area (Å²) in [6.45, 7) is 0. The first-order valence-electron chi connectivity index (χ1n) is 5.67. The summed E-state index contributed by atoms with van der Waals surface area (Å²) in [6.07, 6.45) is 3.58. The summed E-state index contributed by atoms with van der Waals surface area (Å²) in [5.41, 5.74) is 5.75. The Hall–Kier alpha value is -0.660. The van der Waals surface area contributed by atoms with Crippen molar-refractivity contribution in [2.24, 2.45) is 0 Å². The number of nitrogens with two attached hydrogens (primary N) is 1. The smallest absolute Gasteiger partial charge is 0.243 e. The summed E-state index contributed by atoms with van der Waals surface area (Å²) in [7, 11) is -3.85. The second-order valence-corrected chi connectivity index (χ2v) is 6.95. The van der Waals surface area contributed by atoms with Crippen LogP contribution in [0.25, 0.3) is 0 Å². The standard InChI is InChI=1S/C11H14BrFN2O2S/c12-9-5-7(14)6-10(11(9)13)18(16,17)15-8-3-1-2-4-8/h5-6,8,15H,1-4,14H2. The molecule has 0 atom stereocenters. The maximum Gasteiger partial charge on any atom is 0.243 e. The lowest BCUT2D eigenvalue weighted by Gasteiger charge is -2.14. The fourth-order valence-electron chi connectivity index (χ4n) is 2.11. The van der Waals surface area contributed by atoms with Gasteiger partial charge in [-0.05, 0) is 40.9 Å². The van der Waals surface area contributed by atoms with Gasteiger partial charge in [0.1, 0.15) is 4.90 Å². The molecule has 0 bridgehead atoms. The van der Waals surface area contributed by atoms with E-state index in [1.54, 1.807) is 0 Å². The van der Waals surface area contributed by atoms with Crippen LogP contribution in [-0.2, 0) is 10.0 Å². The molecule has 0 amide bonds. The highest BCUT2D eigenvalue weighted by molar-refractivity contribution is 9.10. The molecule has 2 rings (SSSR count). The van der Waals surface area contributed by atoms with Crippen LogP contribution in [0.1, 0.15) is 25.7 Å². The van der Waals surface area contributed by atoms with Gasteiger partial charge in [-0.15, -0.1) is 0 Å². The van der Waals surface area contributed by atoms with E-state index in [4.69, 9.17) is 5.73 Å². The van der Waals surface area contributed by atoms with Gasteiger partial charge >= 0.3 is 0 Å². The van der Waals surface area contributed by atoms with Crippen molar-refractivity contribution in [1.29, 1.82) is 0 Å². The average Bonchev–Trinajstić information content (AvgIpc) is 2.75. The highest BCUT2D eigenvalue weighted by Crippen LogP contribution is 2.27. The van der Waals surface area contributed by atoms with Crippen LogP contribution < -0.4 is 10.5 Å². The Morgan fingerprint density at radius 1 is 1.33 bits per heavy atom. The molecule has 0 unspecified atom stereocenters. The Morgan fingerprint density at radius 3 is 2.56 bits per heavy atom. The predicted molar refractivity (Wildman–Crippen MR) is 71.1 cm³/mol. The van der Waals surface area contributed by atoms with E-state index in [0.717, 1.165) is 31.7 Å². The third-order valence-corrected chi connectivity index (χ3v) is 5.08. The van der Waals surface area contributed by atoms with Gasteiger partial charge in [-0.3, -0.25) is 0 Å². The van der Waals surface area contributed by atoms with E-state index < -0.39 is 20.7 Å². The number of nitrogens with one attached hydrogen (secondary N) is 1. The van der Waals surface area contributed by atoms with Gasteiger partial charge in [-0.2, -0.15) is 0 Å². The lowest BCUT2D eigenvalue weighted by atomic mass is 10.3. The molecule has 1 aromatic carbocycles. The zero-order valence-corrected chi connectivity index (χ0v) is 12.0. The van der Waals surface area contributed by atoms with Crippen molar-refractivity contribution < 1.29 is 12.8 Å². The van der Waals surface area contributed by atoms with E-state index in [2.05, 4.69) is 20.7 Å². The molecule has 0 heterocycles. The highest BCUT2D eigenvalue weighted by Gasteiger charge is 2.26. The average molecular weight is 337 g/mol. The van der Waals surface area contributed by atoms with Crippen LogP contribution in [0.3, 0.4) is 0 Å². The number of sulfonamides is 1. The maximum absolute atomic E-state index is 13.8. The molecule has 1 saturated carbocycles. The molecular weight excluding hydrogens is 323 g/mol. The summed E-state index contributed by atoms with van der Waals surface area (Å²) in [5.74, 6) is -0.810. The number of benzene rings is 1. The van der Waals surface area contributed by atoms with Crippen molar-refractivity contribution in [2.75, 3.05) is 5.73 Å². The van der Waals surface area contributed by atoms with Crippen LogP contribution in [0, 0.1) is 5.82 Å². The lowest BCUT2D eigenvalue weighted by molar-refractivity contribution is 0.535. The fraction of sp³-hybridized carbons (Fsp3) is 0.455. The lowest BCUT2D eigenvalue weighted by Crippen LogP contribution is -2.33. The Morgan fingerprint density at radius 2 is 1.94 bits per heavy atom. The molecule has 1 aromatic rings. The number of hydrogen-bond acceptors (Lipinski definition) is 3. The molecule has 1 aliphatic rings. The molecule has 18 heavy (non-hydrogen) atoms. The van der Waals surface area contributed by atoms with Gasteiger partial charge in [0.2, 0.25) is 10.0 Å². The SMILES string of the molecule is Nc1cc(Br)c(F)c(S(=O)(=O)NC2CCCC2)c1. The minimum atomic E-state index is -3.85. The van der Waals surface area contributed by atoms with E-state index in [0.29, 0.717) is 0 Å². The van der Waals surface area contributed by atoms with Gasteiger partial charge in [-0.25, -0.2) is 17.5 Å². The fourth-order valence-corrected chi connectivity index (χ4v) is 4.15. The Labute approximate surface area is 114 Å². The first-order chi connectivity index (χ1) is 8.40. The second-order valence-electron chi connectivity index (χ2n) is 4.42. The number of anilines is 1. The van der Waals surface area contributed by atoms with E-state index in [-0.39, 0.29) is 16.2 Å². The van der Waals surface area contributed by atoms with Crippen molar-refractivity contribution in [3.05, 3.63) is 22.4 Å². The highest BCUT2D eigenvalue weighted by atomic mass is 79.9. The largest absolute Gasteiger partial charge is 0.399 e. The van der Waals surface area contributed by atoms with Gasteiger partial charge < -0.3 is 5.73 Å². The van der Waals surface area contributed by atoms with Crippen molar-refractivity contribution in [3.8, 4) is 0 Å². The molecule has 0 spiro atoms. The molecule has 7 heteroatoms. The van der Waals surface area contributed by atoms with Crippen molar-refractivity contribution in [2.45, 2.75) is 36.6 Å². The summed E-state index contributed by atoms with van der Waals surface area (Å²) < 4.78 is 40.6.